The lowest BCUT2D eigenvalue weighted by atomic mass is 10.2. The molecule has 0 unspecified atom stereocenters. The first-order valence-electron chi connectivity index (χ1n) is 7.71. The van der Waals surface area contributed by atoms with Crippen LogP contribution in [0.25, 0.3) is 0 Å². The summed E-state index contributed by atoms with van der Waals surface area (Å²) in [5.74, 6) is 0.231. The molecule has 0 atom stereocenters. The summed E-state index contributed by atoms with van der Waals surface area (Å²) in [4.78, 5) is 0. The number of rotatable bonds is 6. The lowest BCUT2D eigenvalue weighted by Gasteiger charge is -2.07. The smallest absolute Gasteiger partial charge is 0.142 e. The average Bonchev–Trinajstić information content (AvgIpc) is 2.64. The Kier molecular flexibility index (Phi) is 5.65. The topological polar surface area (TPSA) is 33.6 Å². The molecule has 5 heteroatoms. The highest BCUT2D eigenvalue weighted by molar-refractivity contribution is 6.30. The first kappa shape index (κ1) is 17.0. The van der Waals surface area contributed by atoms with Gasteiger partial charge in [0.15, 0.2) is 0 Å². The van der Waals surface area contributed by atoms with E-state index in [9.17, 15) is 4.39 Å². The van der Waals surface area contributed by atoms with Crippen LogP contribution in [0.3, 0.4) is 0 Å². The number of hydrogen-bond donors (Lipinski definition) is 1. The van der Waals surface area contributed by atoms with Gasteiger partial charge in [-0.1, -0.05) is 48.0 Å². The number of halogens is 2. The highest BCUT2D eigenvalue weighted by Gasteiger charge is 2.02. The predicted octanol–water partition coefficient (Wildman–Crippen LogP) is 5.50. The first-order valence-corrected chi connectivity index (χ1v) is 8.09. The molecule has 0 fully saturated rings. The van der Waals surface area contributed by atoms with Gasteiger partial charge in [0, 0.05) is 0 Å². The number of nitrogens with zero attached hydrogens (tertiary/aromatic N) is 1. The molecule has 0 amide bonds. The summed E-state index contributed by atoms with van der Waals surface area (Å²) in [6.07, 6.45) is 1.71. The average molecular weight is 355 g/mol. The molecule has 0 aromatic heterocycles. The van der Waals surface area contributed by atoms with E-state index in [0.717, 1.165) is 11.3 Å². The van der Waals surface area contributed by atoms with Gasteiger partial charge in [0.05, 0.1) is 16.9 Å². The molecule has 0 bridgehead atoms. The molecule has 25 heavy (non-hydrogen) atoms. The fraction of sp³-hybridized carbons (Fsp3) is 0.0500. The summed E-state index contributed by atoms with van der Waals surface area (Å²) in [5, 5.41) is 4.30. The van der Waals surface area contributed by atoms with E-state index in [1.54, 1.807) is 12.3 Å². The lowest BCUT2D eigenvalue weighted by Crippen LogP contribution is -1.97. The van der Waals surface area contributed by atoms with E-state index in [4.69, 9.17) is 16.3 Å². The minimum Gasteiger partial charge on any atom is -0.489 e. The molecule has 3 aromatic rings. The molecule has 0 aliphatic rings. The fourth-order valence-corrected chi connectivity index (χ4v) is 2.29. The third kappa shape index (κ3) is 5.06. The molecule has 0 aliphatic heterocycles. The summed E-state index contributed by atoms with van der Waals surface area (Å²) < 4.78 is 19.1. The van der Waals surface area contributed by atoms with Crippen molar-refractivity contribution in [3.8, 4) is 5.75 Å². The van der Waals surface area contributed by atoms with Crippen LogP contribution >= 0.6 is 11.6 Å². The van der Waals surface area contributed by atoms with E-state index in [1.165, 1.54) is 12.1 Å². The van der Waals surface area contributed by atoms with E-state index in [2.05, 4.69) is 10.5 Å². The number of anilines is 1. The van der Waals surface area contributed by atoms with Crippen LogP contribution in [-0.2, 0) is 6.61 Å². The molecule has 1 N–H and O–H groups in total. The molecule has 0 radical (unpaired) electrons. The van der Waals surface area contributed by atoms with Crippen molar-refractivity contribution in [1.82, 2.24) is 0 Å². The SMILES string of the molecule is Fc1cc(COc2cccc(C=NNc3ccccc3)c2)ccc1Cl. The molecular weight excluding hydrogens is 339 g/mol. The Morgan fingerprint density at radius 1 is 1.00 bits per heavy atom. The normalized spacial score (nSPS) is 10.8. The van der Waals surface area contributed by atoms with Crippen molar-refractivity contribution in [3.05, 3.63) is 94.8 Å². The minimum atomic E-state index is -0.448. The van der Waals surface area contributed by atoms with E-state index in [0.29, 0.717) is 11.3 Å². The number of nitrogens with one attached hydrogen (secondary N) is 1. The standard InChI is InChI=1S/C20H16ClFN2O/c21-19-10-9-16(12-20(19)22)14-25-18-8-4-5-15(11-18)13-23-24-17-6-2-1-3-7-17/h1-13,24H,14H2. The molecule has 126 valence electrons. The Morgan fingerprint density at radius 2 is 1.84 bits per heavy atom. The second-order valence-corrected chi connectivity index (χ2v) is 5.75. The van der Waals surface area contributed by atoms with Crippen LogP contribution in [0.1, 0.15) is 11.1 Å². The molecule has 3 rings (SSSR count). The maximum absolute atomic E-state index is 13.4. The third-order valence-electron chi connectivity index (χ3n) is 3.43. The fourth-order valence-electron chi connectivity index (χ4n) is 2.17. The van der Waals surface area contributed by atoms with Crippen LogP contribution in [-0.4, -0.2) is 6.21 Å². The van der Waals surface area contributed by atoms with Gasteiger partial charge in [-0.15, -0.1) is 0 Å². The van der Waals surface area contributed by atoms with Gasteiger partial charge in [-0.25, -0.2) is 4.39 Å². The molecule has 3 aromatic carbocycles. The monoisotopic (exact) mass is 354 g/mol. The number of hydrogen-bond acceptors (Lipinski definition) is 3. The van der Waals surface area contributed by atoms with Crippen molar-refractivity contribution in [3.63, 3.8) is 0 Å². The number of ether oxygens (including phenoxy) is 1. The summed E-state index contributed by atoms with van der Waals surface area (Å²) in [5.41, 5.74) is 5.48. The molecule has 0 heterocycles. The number of hydrazone groups is 1. The minimum absolute atomic E-state index is 0.105. The summed E-state index contributed by atoms with van der Waals surface area (Å²) >= 11 is 5.68. The van der Waals surface area contributed by atoms with Gasteiger partial charge in [0.1, 0.15) is 18.2 Å². The van der Waals surface area contributed by atoms with Crippen molar-refractivity contribution in [2.75, 3.05) is 5.43 Å². The van der Waals surface area contributed by atoms with Gasteiger partial charge >= 0.3 is 0 Å². The Balaban J connectivity index is 1.60. The van der Waals surface area contributed by atoms with Gasteiger partial charge in [-0.3, -0.25) is 5.43 Å². The van der Waals surface area contributed by atoms with E-state index in [1.807, 2.05) is 54.6 Å². The summed E-state index contributed by atoms with van der Waals surface area (Å²) in [7, 11) is 0. The highest BCUT2D eigenvalue weighted by Crippen LogP contribution is 2.18. The molecule has 3 nitrogen and oxygen atoms in total. The van der Waals surface area contributed by atoms with E-state index >= 15 is 0 Å². The first-order chi connectivity index (χ1) is 12.2. The van der Waals surface area contributed by atoms with Crippen molar-refractivity contribution < 1.29 is 9.13 Å². The van der Waals surface area contributed by atoms with Crippen molar-refractivity contribution >= 4 is 23.5 Å². The van der Waals surface area contributed by atoms with E-state index in [-0.39, 0.29) is 11.6 Å². The van der Waals surface area contributed by atoms with Crippen LogP contribution in [0.5, 0.6) is 5.75 Å². The summed E-state index contributed by atoms with van der Waals surface area (Å²) in [6.45, 7) is 0.261. The Bertz CT molecular complexity index is 869. The largest absolute Gasteiger partial charge is 0.489 e. The Hall–Kier alpha value is -2.85. The zero-order valence-electron chi connectivity index (χ0n) is 13.3. The van der Waals surface area contributed by atoms with Crippen LogP contribution in [0.2, 0.25) is 5.02 Å². The van der Waals surface area contributed by atoms with Gasteiger partial charge in [0.25, 0.3) is 0 Å². The quantitative estimate of drug-likeness (QED) is 0.468. The molecule has 0 spiro atoms. The number of benzene rings is 3. The lowest BCUT2D eigenvalue weighted by molar-refractivity contribution is 0.305. The maximum atomic E-state index is 13.4. The van der Waals surface area contributed by atoms with Crippen molar-refractivity contribution in [1.29, 1.82) is 0 Å². The molecule has 0 saturated carbocycles. The zero-order chi connectivity index (χ0) is 17.5. The van der Waals surface area contributed by atoms with E-state index < -0.39 is 5.82 Å². The molecule has 0 aliphatic carbocycles. The van der Waals surface area contributed by atoms with Crippen LogP contribution in [0.4, 0.5) is 10.1 Å². The third-order valence-corrected chi connectivity index (χ3v) is 3.74. The Labute approximate surface area is 150 Å². The summed E-state index contributed by atoms with van der Waals surface area (Å²) in [6, 6.07) is 21.8. The zero-order valence-corrected chi connectivity index (χ0v) is 14.1. The predicted molar refractivity (Wildman–Crippen MR) is 99.8 cm³/mol. The molecule has 0 saturated heterocycles. The second-order valence-electron chi connectivity index (χ2n) is 5.35. The van der Waals surface area contributed by atoms with Crippen LogP contribution < -0.4 is 10.2 Å². The van der Waals surface area contributed by atoms with Crippen LogP contribution in [0, 0.1) is 5.82 Å². The Morgan fingerprint density at radius 3 is 2.64 bits per heavy atom. The van der Waals surface area contributed by atoms with Crippen molar-refractivity contribution in [2.24, 2.45) is 5.10 Å². The molecular formula is C20H16ClFN2O. The van der Waals surface area contributed by atoms with Crippen LogP contribution in [0.15, 0.2) is 77.9 Å². The van der Waals surface area contributed by atoms with Gasteiger partial charge in [-0.2, -0.15) is 5.10 Å². The number of para-hydroxylation sites is 1. The highest BCUT2D eigenvalue weighted by atomic mass is 35.5. The van der Waals surface area contributed by atoms with Crippen molar-refractivity contribution in [2.45, 2.75) is 6.61 Å². The second kappa shape index (κ2) is 8.31. The van der Waals surface area contributed by atoms with Gasteiger partial charge in [0.2, 0.25) is 0 Å². The van der Waals surface area contributed by atoms with Gasteiger partial charge < -0.3 is 4.74 Å². The maximum Gasteiger partial charge on any atom is 0.142 e. The van der Waals surface area contributed by atoms with Gasteiger partial charge in [-0.05, 0) is 47.5 Å².